The van der Waals surface area contributed by atoms with Crippen molar-refractivity contribution in [3.63, 3.8) is 0 Å². The largest absolute Gasteiger partial charge is 0.360 e. The Morgan fingerprint density at radius 1 is 1.55 bits per heavy atom. The normalized spacial score (nSPS) is 13.7. The third kappa shape index (κ3) is 4.34. The highest BCUT2D eigenvalue weighted by Gasteiger charge is 2.24. The van der Waals surface area contributed by atoms with E-state index < -0.39 is 6.04 Å². The van der Waals surface area contributed by atoms with Gasteiger partial charge in [-0.05, 0) is 12.8 Å². The molecule has 0 aromatic carbocycles. The number of aryl methyl sites for hydroxylation is 1. The van der Waals surface area contributed by atoms with E-state index in [0.29, 0.717) is 11.6 Å². The number of hydrogen-bond donors (Lipinski definition) is 2. The highest BCUT2D eigenvalue weighted by atomic mass is 16.5. The molecule has 0 unspecified atom stereocenters. The van der Waals surface area contributed by atoms with E-state index in [1.54, 1.807) is 20.0 Å². The lowest BCUT2D eigenvalue weighted by atomic mass is 9.99. The number of amides is 2. The van der Waals surface area contributed by atoms with Crippen molar-refractivity contribution in [2.45, 2.75) is 33.2 Å². The number of carbonyl (C=O) groups is 2. The van der Waals surface area contributed by atoms with Crippen LogP contribution in [0.25, 0.3) is 0 Å². The predicted molar refractivity (Wildman–Crippen MR) is 74.9 cm³/mol. The van der Waals surface area contributed by atoms with Gasteiger partial charge in [0.15, 0.2) is 5.82 Å². The molecule has 0 bridgehead atoms. The van der Waals surface area contributed by atoms with Crippen LogP contribution in [0, 0.1) is 12.8 Å². The second kappa shape index (κ2) is 7.04. The summed E-state index contributed by atoms with van der Waals surface area (Å²) in [6.45, 7) is 5.53. The second-order valence-corrected chi connectivity index (χ2v) is 4.98. The fourth-order valence-electron chi connectivity index (χ4n) is 1.65. The second-order valence-electron chi connectivity index (χ2n) is 4.98. The number of hydrogen-bond acceptors (Lipinski definition) is 5. The Labute approximate surface area is 118 Å². The summed E-state index contributed by atoms with van der Waals surface area (Å²) in [6.07, 6.45) is 0.811. The maximum Gasteiger partial charge on any atom is 0.245 e. The molecule has 3 N–H and O–H groups in total. The van der Waals surface area contributed by atoms with Gasteiger partial charge in [0.05, 0.1) is 12.6 Å². The number of anilines is 1. The number of nitrogens with zero attached hydrogens (tertiary/aromatic N) is 2. The molecule has 20 heavy (non-hydrogen) atoms. The summed E-state index contributed by atoms with van der Waals surface area (Å²) in [5.41, 5.74) is 5.85. The minimum Gasteiger partial charge on any atom is -0.360 e. The van der Waals surface area contributed by atoms with Crippen molar-refractivity contribution in [2.24, 2.45) is 11.7 Å². The van der Waals surface area contributed by atoms with Crippen LogP contribution < -0.4 is 11.1 Å². The molecule has 0 aliphatic rings. The molecule has 0 spiro atoms. The van der Waals surface area contributed by atoms with Crippen LogP contribution in [0.5, 0.6) is 0 Å². The summed E-state index contributed by atoms with van der Waals surface area (Å²) in [4.78, 5) is 25.1. The molecule has 7 heteroatoms. The van der Waals surface area contributed by atoms with Crippen LogP contribution in [0.2, 0.25) is 0 Å². The van der Waals surface area contributed by atoms with Gasteiger partial charge in [-0.15, -0.1) is 0 Å². The van der Waals surface area contributed by atoms with Crippen molar-refractivity contribution in [2.75, 3.05) is 18.9 Å². The number of carbonyl (C=O) groups excluding carboxylic acids is 2. The number of likely N-dealkylation sites (N-methyl/N-ethyl adjacent to an activating group) is 1. The molecule has 0 saturated heterocycles. The number of nitrogens with one attached hydrogen (secondary N) is 1. The van der Waals surface area contributed by atoms with E-state index in [4.69, 9.17) is 10.3 Å². The first kappa shape index (κ1) is 16.2. The molecule has 0 radical (unpaired) electrons. The molecule has 1 aromatic rings. The lowest BCUT2D eigenvalue weighted by Crippen LogP contribution is -2.47. The molecule has 2 atom stereocenters. The molecule has 1 rings (SSSR count). The molecule has 7 nitrogen and oxygen atoms in total. The van der Waals surface area contributed by atoms with Crippen molar-refractivity contribution in [1.82, 2.24) is 10.1 Å². The zero-order valence-corrected chi connectivity index (χ0v) is 12.3. The summed E-state index contributed by atoms with van der Waals surface area (Å²) in [7, 11) is 1.55. The Balaban J connectivity index is 2.50. The average molecular weight is 282 g/mol. The third-order valence-electron chi connectivity index (χ3n) is 3.19. The van der Waals surface area contributed by atoms with Crippen LogP contribution in [0.3, 0.4) is 0 Å². The van der Waals surface area contributed by atoms with Crippen LogP contribution in [0.1, 0.15) is 26.0 Å². The van der Waals surface area contributed by atoms with E-state index in [-0.39, 0.29) is 24.3 Å². The third-order valence-corrected chi connectivity index (χ3v) is 3.19. The monoisotopic (exact) mass is 282 g/mol. The van der Waals surface area contributed by atoms with Crippen LogP contribution >= 0.6 is 0 Å². The van der Waals surface area contributed by atoms with Crippen molar-refractivity contribution in [3.05, 3.63) is 11.8 Å². The lowest BCUT2D eigenvalue weighted by Gasteiger charge is -2.23. The Hall–Kier alpha value is -1.89. The molecule has 1 aromatic heterocycles. The van der Waals surface area contributed by atoms with E-state index in [9.17, 15) is 9.59 Å². The smallest absolute Gasteiger partial charge is 0.245 e. The Morgan fingerprint density at radius 3 is 2.70 bits per heavy atom. The summed E-state index contributed by atoms with van der Waals surface area (Å²) in [5, 5.41) is 6.20. The van der Waals surface area contributed by atoms with Crippen LogP contribution in [0.15, 0.2) is 10.6 Å². The Kier molecular flexibility index (Phi) is 5.69. The van der Waals surface area contributed by atoms with Crippen LogP contribution in [-0.2, 0) is 9.59 Å². The molecular weight excluding hydrogens is 260 g/mol. The van der Waals surface area contributed by atoms with Gasteiger partial charge in [0, 0.05) is 13.1 Å². The summed E-state index contributed by atoms with van der Waals surface area (Å²) in [5.74, 6) is 0.422. The molecule has 0 aliphatic heterocycles. The van der Waals surface area contributed by atoms with Gasteiger partial charge in [-0.25, -0.2) is 0 Å². The van der Waals surface area contributed by atoms with Gasteiger partial charge in [0.25, 0.3) is 0 Å². The van der Waals surface area contributed by atoms with Gasteiger partial charge in [-0.2, -0.15) is 0 Å². The van der Waals surface area contributed by atoms with E-state index in [1.807, 2.05) is 13.8 Å². The topological polar surface area (TPSA) is 101 Å². The number of aromatic nitrogens is 1. The van der Waals surface area contributed by atoms with Crippen molar-refractivity contribution in [3.8, 4) is 0 Å². The number of nitrogens with two attached hydrogens (primary N) is 1. The molecular formula is C13H22N4O3. The first-order valence-corrected chi connectivity index (χ1v) is 6.58. The van der Waals surface area contributed by atoms with Gasteiger partial charge in [0.2, 0.25) is 11.8 Å². The van der Waals surface area contributed by atoms with Crippen molar-refractivity contribution < 1.29 is 14.1 Å². The number of rotatable bonds is 6. The predicted octanol–water partition coefficient (Wildman–Crippen LogP) is 0.753. The minimum atomic E-state index is -0.591. The highest BCUT2D eigenvalue weighted by Crippen LogP contribution is 2.09. The van der Waals surface area contributed by atoms with Gasteiger partial charge in [0.1, 0.15) is 5.76 Å². The van der Waals surface area contributed by atoms with Crippen LogP contribution in [0.4, 0.5) is 5.82 Å². The van der Waals surface area contributed by atoms with Gasteiger partial charge >= 0.3 is 0 Å². The quantitative estimate of drug-likeness (QED) is 0.801. The highest BCUT2D eigenvalue weighted by molar-refractivity contribution is 5.94. The van der Waals surface area contributed by atoms with Crippen molar-refractivity contribution in [1.29, 1.82) is 0 Å². The van der Waals surface area contributed by atoms with E-state index in [0.717, 1.165) is 6.42 Å². The molecule has 112 valence electrons. The van der Waals surface area contributed by atoms with E-state index in [1.165, 1.54) is 4.90 Å². The molecule has 0 aliphatic carbocycles. The zero-order chi connectivity index (χ0) is 15.3. The summed E-state index contributed by atoms with van der Waals surface area (Å²) in [6, 6.07) is 1.01. The lowest BCUT2D eigenvalue weighted by molar-refractivity contribution is -0.135. The van der Waals surface area contributed by atoms with Gasteiger partial charge in [-0.3, -0.25) is 9.59 Å². The average Bonchev–Trinajstić information content (AvgIpc) is 2.80. The maximum atomic E-state index is 12.0. The Morgan fingerprint density at radius 2 is 2.20 bits per heavy atom. The van der Waals surface area contributed by atoms with Gasteiger partial charge < -0.3 is 20.5 Å². The minimum absolute atomic E-state index is 0.0745. The molecule has 2 amide bonds. The fraction of sp³-hybridized carbons (Fsp3) is 0.615. The van der Waals surface area contributed by atoms with Gasteiger partial charge in [-0.1, -0.05) is 25.4 Å². The standard InChI is InChI=1S/C13H22N4O3/c1-5-8(2)12(14)13(19)17(4)7-11(18)15-10-6-9(3)20-16-10/h6,8,12H,5,7,14H2,1-4H3,(H,15,16,18)/t8-,12-/m0/s1. The molecule has 0 saturated carbocycles. The Bertz CT molecular complexity index is 472. The zero-order valence-electron chi connectivity index (χ0n) is 12.3. The first-order chi connectivity index (χ1) is 9.35. The fourth-order valence-corrected chi connectivity index (χ4v) is 1.65. The van der Waals surface area contributed by atoms with Crippen LogP contribution in [-0.4, -0.2) is 41.5 Å². The maximum absolute atomic E-state index is 12.0. The summed E-state index contributed by atoms with van der Waals surface area (Å²) < 4.78 is 4.84. The molecule has 0 fully saturated rings. The van der Waals surface area contributed by atoms with E-state index >= 15 is 0 Å². The summed E-state index contributed by atoms with van der Waals surface area (Å²) >= 11 is 0. The van der Waals surface area contributed by atoms with Crippen molar-refractivity contribution >= 4 is 17.6 Å². The SMILES string of the molecule is CC[C@H](C)[C@H](N)C(=O)N(C)CC(=O)Nc1cc(C)on1. The first-order valence-electron chi connectivity index (χ1n) is 6.58. The van der Waals surface area contributed by atoms with E-state index in [2.05, 4.69) is 10.5 Å². The molecule has 1 heterocycles.